The van der Waals surface area contributed by atoms with Crippen LogP contribution in [0.5, 0.6) is 0 Å². The van der Waals surface area contributed by atoms with Crippen molar-refractivity contribution in [3.05, 3.63) is 123 Å². The van der Waals surface area contributed by atoms with Crippen LogP contribution >= 0.6 is 0 Å². The number of hydrogen-bond donors (Lipinski definition) is 2. The Balaban J connectivity index is 1.38. The lowest BCUT2D eigenvalue weighted by atomic mass is 9.99. The van der Waals surface area contributed by atoms with Gasteiger partial charge in [0.05, 0.1) is 17.8 Å². The lowest BCUT2D eigenvalue weighted by Crippen LogP contribution is -2.25. The number of hydrogen-bond acceptors (Lipinski definition) is 6. The van der Waals surface area contributed by atoms with Gasteiger partial charge in [-0.25, -0.2) is 4.98 Å². The van der Waals surface area contributed by atoms with Crippen molar-refractivity contribution in [2.24, 2.45) is 7.05 Å². The highest BCUT2D eigenvalue weighted by Gasteiger charge is 2.17. The fourth-order valence-electron chi connectivity index (χ4n) is 5.40. The number of para-hydroxylation sites is 1. The Morgan fingerprint density at radius 1 is 0.953 bits per heavy atom. The van der Waals surface area contributed by atoms with Gasteiger partial charge < -0.3 is 19.4 Å². The summed E-state index contributed by atoms with van der Waals surface area (Å²) in [4.78, 5) is 33.5. The number of aryl methyl sites for hydroxylation is 1. The Labute approximate surface area is 248 Å². The highest BCUT2D eigenvalue weighted by atomic mass is 16.3. The summed E-state index contributed by atoms with van der Waals surface area (Å²) in [5.74, 6) is 0.556. The Kier molecular flexibility index (Phi) is 7.43. The van der Waals surface area contributed by atoms with Crippen LogP contribution in [0.15, 0.2) is 101 Å². The topological polar surface area (TPSA) is 96.8 Å². The van der Waals surface area contributed by atoms with Crippen molar-refractivity contribution in [2.45, 2.75) is 33.0 Å². The normalized spacial score (nSPS) is 11.7. The number of fused-ring (bicyclic) bond motifs is 3. The molecule has 0 spiro atoms. The van der Waals surface area contributed by atoms with Gasteiger partial charge in [-0.1, -0.05) is 36.4 Å². The molecule has 0 saturated heterocycles. The largest absolute Gasteiger partial charge is 0.392 e. The smallest absolute Gasteiger partial charge is 0.279 e. The first-order chi connectivity index (χ1) is 20.7. The summed E-state index contributed by atoms with van der Waals surface area (Å²) in [7, 11) is 3.76. The van der Waals surface area contributed by atoms with Gasteiger partial charge in [-0.2, -0.15) is 0 Å². The van der Waals surface area contributed by atoms with E-state index < -0.39 is 0 Å². The van der Waals surface area contributed by atoms with Crippen molar-refractivity contribution in [1.82, 2.24) is 23.4 Å². The van der Waals surface area contributed by atoms with Crippen LogP contribution in [-0.4, -0.2) is 41.6 Å². The number of nitrogens with one attached hydrogen (secondary N) is 1. The van der Waals surface area contributed by atoms with E-state index in [4.69, 9.17) is 0 Å². The maximum atomic E-state index is 13.7. The van der Waals surface area contributed by atoms with Crippen molar-refractivity contribution in [1.29, 1.82) is 0 Å². The molecular weight excluding hydrogens is 540 g/mol. The summed E-state index contributed by atoms with van der Waals surface area (Å²) >= 11 is 0. The lowest BCUT2D eigenvalue weighted by Gasteiger charge is -2.20. The minimum Gasteiger partial charge on any atom is -0.392 e. The highest BCUT2D eigenvalue weighted by molar-refractivity contribution is 5.87. The number of aliphatic hydroxyl groups is 1. The number of aromatic nitrogens is 4. The number of anilines is 2. The quantitative estimate of drug-likeness (QED) is 0.263. The van der Waals surface area contributed by atoms with E-state index in [2.05, 4.69) is 36.1 Å². The Bertz CT molecular complexity index is 2070. The van der Waals surface area contributed by atoms with E-state index in [0.29, 0.717) is 45.4 Å². The third-order valence-corrected chi connectivity index (χ3v) is 8.02. The zero-order chi connectivity index (χ0) is 30.2. The molecule has 0 fully saturated rings. The molecule has 0 amide bonds. The molecule has 2 N–H and O–H groups in total. The maximum absolute atomic E-state index is 13.7. The Morgan fingerprint density at radius 3 is 2.51 bits per heavy atom. The number of aliphatic hydroxyl groups excluding tert-OH is 1. The summed E-state index contributed by atoms with van der Waals surface area (Å²) in [6.45, 7) is 4.76. The van der Waals surface area contributed by atoms with Crippen molar-refractivity contribution in [3.8, 4) is 16.8 Å². The second kappa shape index (κ2) is 11.4. The summed E-state index contributed by atoms with van der Waals surface area (Å²) in [5.41, 5.74) is 5.11. The van der Waals surface area contributed by atoms with Crippen LogP contribution in [0.3, 0.4) is 0 Å². The minimum absolute atomic E-state index is 0.192. The van der Waals surface area contributed by atoms with Crippen LogP contribution in [0.1, 0.15) is 25.0 Å². The van der Waals surface area contributed by atoms with Crippen molar-refractivity contribution in [3.63, 3.8) is 0 Å². The molecule has 6 aromatic rings. The van der Waals surface area contributed by atoms with E-state index >= 15 is 0 Å². The second-order valence-electron chi connectivity index (χ2n) is 11.1. The van der Waals surface area contributed by atoms with E-state index in [9.17, 15) is 14.7 Å². The maximum Gasteiger partial charge on any atom is 0.279 e. The average molecular weight is 575 g/mol. The first kappa shape index (κ1) is 28.1. The van der Waals surface area contributed by atoms with Gasteiger partial charge in [0, 0.05) is 60.9 Å². The summed E-state index contributed by atoms with van der Waals surface area (Å²) in [5, 5.41) is 14.7. The molecular formula is C34H34N6O3. The predicted octanol–water partition coefficient (Wildman–Crippen LogP) is 5.08. The van der Waals surface area contributed by atoms with Gasteiger partial charge in [-0.15, -0.1) is 0 Å². The molecule has 9 heteroatoms. The number of nitrogens with zero attached hydrogens (tertiary/aromatic N) is 5. The molecule has 6 rings (SSSR count). The molecule has 0 aliphatic rings. The van der Waals surface area contributed by atoms with Crippen LogP contribution in [0, 0.1) is 0 Å². The molecule has 0 radical (unpaired) electrons. The fourth-order valence-corrected chi connectivity index (χ4v) is 5.40. The second-order valence-corrected chi connectivity index (χ2v) is 11.1. The van der Waals surface area contributed by atoms with E-state index in [1.54, 1.807) is 30.1 Å². The van der Waals surface area contributed by atoms with E-state index in [0.717, 1.165) is 23.0 Å². The molecule has 0 saturated carbocycles. The lowest BCUT2D eigenvalue weighted by molar-refractivity contribution is 0.265. The van der Waals surface area contributed by atoms with Gasteiger partial charge in [0.1, 0.15) is 17.0 Å². The van der Waals surface area contributed by atoms with E-state index in [-0.39, 0.29) is 17.7 Å². The van der Waals surface area contributed by atoms with Gasteiger partial charge in [-0.3, -0.25) is 19.1 Å². The molecule has 0 bridgehead atoms. The van der Waals surface area contributed by atoms with Crippen LogP contribution in [0.25, 0.3) is 33.2 Å². The number of benzene rings is 2. The Morgan fingerprint density at radius 2 is 1.77 bits per heavy atom. The molecule has 2 aromatic carbocycles. The van der Waals surface area contributed by atoms with E-state index in [1.165, 1.54) is 4.57 Å². The summed E-state index contributed by atoms with van der Waals surface area (Å²) in [6, 6.07) is 21.3. The summed E-state index contributed by atoms with van der Waals surface area (Å²) < 4.78 is 4.94. The predicted molar refractivity (Wildman–Crippen MR) is 171 cm³/mol. The van der Waals surface area contributed by atoms with Crippen molar-refractivity contribution < 1.29 is 5.11 Å². The number of pyridine rings is 2. The van der Waals surface area contributed by atoms with Gasteiger partial charge >= 0.3 is 0 Å². The highest BCUT2D eigenvalue weighted by Crippen LogP contribution is 2.30. The van der Waals surface area contributed by atoms with Crippen molar-refractivity contribution in [2.75, 3.05) is 12.4 Å². The molecule has 0 aliphatic heterocycles. The van der Waals surface area contributed by atoms with Gasteiger partial charge in [0.2, 0.25) is 0 Å². The van der Waals surface area contributed by atoms with Crippen LogP contribution in [-0.2, 0) is 20.2 Å². The Hall–Kier alpha value is -4.99. The monoisotopic (exact) mass is 574 g/mol. The standard InChI is InChI=1S/C34H34N6O3/c1-22(2)37(3)19-23-12-13-32(35-18-23)36-28-16-25(20-38(4)33(28)42)26-9-7-11-30(27(26)21-41)40-15-14-39-29-10-6-5-8-24(29)17-31(39)34(40)43/h5-18,20,22,41H,19,21H2,1-4H3,(H,35,36). The third-order valence-electron chi connectivity index (χ3n) is 8.02. The third kappa shape index (κ3) is 5.24. The first-order valence-corrected chi connectivity index (χ1v) is 14.2. The molecule has 0 aliphatic carbocycles. The van der Waals surface area contributed by atoms with Gasteiger partial charge in [-0.05, 0) is 62.4 Å². The molecule has 0 unspecified atom stereocenters. The zero-order valence-corrected chi connectivity index (χ0v) is 24.7. The SMILES string of the molecule is CC(C)N(C)Cc1ccc(Nc2cc(-c3cccc(-n4ccn5c(cc6ccccc65)c4=O)c3CO)cn(C)c2=O)nc1. The van der Waals surface area contributed by atoms with E-state index in [1.807, 2.05) is 77.5 Å². The van der Waals surface area contributed by atoms with Crippen LogP contribution in [0.2, 0.25) is 0 Å². The number of rotatable bonds is 8. The fraction of sp³-hybridized carbons (Fsp3) is 0.206. The molecule has 4 heterocycles. The van der Waals surface area contributed by atoms with Crippen molar-refractivity contribution >= 4 is 27.9 Å². The van der Waals surface area contributed by atoms with Gasteiger partial charge in [0.15, 0.2) is 0 Å². The van der Waals surface area contributed by atoms with Gasteiger partial charge in [0.25, 0.3) is 11.1 Å². The molecule has 0 atom stereocenters. The molecule has 43 heavy (non-hydrogen) atoms. The zero-order valence-electron chi connectivity index (χ0n) is 24.7. The first-order valence-electron chi connectivity index (χ1n) is 14.2. The molecule has 9 nitrogen and oxygen atoms in total. The average Bonchev–Trinajstić information content (AvgIpc) is 3.40. The van der Waals surface area contributed by atoms with Crippen LogP contribution in [0.4, 0.5) is 11.5 Å². The summed E-state index contributed by atoms with van der Waals surface area (Å²) in [6.07, 6.45) is 7.13. The minimum atomic E-state index is -0.300. The molecule has 4 aromatic heterocycles. The molecule has 218 valence electrons. The van der Waals surface area contributed by atoms with Crippen LogP contribution < -0.4 is 16.4 Å².